The Morgan fingerprint density at radius 2 is 1.69 bits per heavy atom. The van der Waals surface area contributed by atoms with Crippen molar-refractivity contribution in [3.63, 3.8) is 0 Å². The van der Waals surface area contributed by atoms with Crippen molar-refractivity contribution in [1.82, 2.24) is 4.90 Å². The first-order valence-electron chi connectivity index (χ1n) is 5.62. The average molecular weight is 219 g/mol. The van der Waals surface area contributed by atoms with E-state index >= 15 is 0 Å². The van der Waals surface area contributed by atoms with E-state index in [2.05, 4.69) is 20.8 Å². The summed E-state index contributed by atoms with van der Waals surface area (Å²) in [5.74, 6) is 0.0925. The Labute approximate surface area is 98.3 Å². The molecule has 1 aromatic rings. The van der Waals surface area contributed by atoms with E-state index in [-0.39, 0.29) is 11.3 Å². The van der Waals surface area contributed by atoms with Crippen LogP contribution in [0.2, 0.25) is 0 Å². The van der Waals surface area contributed by atoms with Crippen molar-refractivity contribution in [2.75, 3.05) is 13.6 Å². The third-order valence-electron chi connectivity index (χ3n) is 2.36. The number of amides is 1. The molecule has 0 heterocycles. The molecule has 0 aliphatic heterocycles. The highest BCUT2D eigenvalue weighted by Gasteiger charge is 2.18. The number of hydrogen-bond donors (Lipinski definition) is 0. The SMILES string of the molecule is Cc1ccc(C(=O)N(C)CC(C)(C)C)cc1. The fraction of sp³-hybridized carbons (Fsp3) is 0.500. The topological polar surface area (TPSA) is 20.3 Å². The van der Waals surface area contributed by atoms with Gasteiger partial charge in [0.2, 0.25) is 0 Å². The summed E-state index contributed by atoms with van der Waals surface area (Å²) in [6.07, 6.45) is 0. The minimum Gasteiger partial charge on any atom is -0.341 e. The summed E-state index contributed by atoms with van der Waals surface area (Å²) in [6.45, 7) is 9.18. The van der Waals surface area contributed by atoms with E-state index in [1.807, 2.05) is 38.2 Å². The quantitative estimate of drug-likeness (QED) is 0.748. The van der Waals surface area contributed by atoms with E-state index in [9.17, 15) is 4.79 Å². The predicted octanol–water partition coefficient (Wildman–Crippen LogP) is 3.11. The second-order valence-electron chi connectivity index (χ2n) is 5.59. The van der Waals surface area contributed by atoms with Gasteiger partial charge in [0.1, 0.15) is 0 Å². The molecule has 1 rings (SSSR count). The van der Waals surface area contributed by atoms with Gasteiger partial charge in [0.25, 0.3) is 5.91 Å². The summed E-state index contributed by atoms with van der Waals surface area (Å²) < 4.78 is 0. The zero-order chi connectivity index (χ0) is 12.3. The average Bonchev–Trinajstić information content (AvgIpc) is 2.15. The van der Waals surface area contributed by atoms with E-state index in [4.69, 9.17) is 0 Å². The molecule has 2 nitrogen and oxygen atoms in total. The maximum atomic E-state index is 12.1. The van der Waals surface area contributed by atoms with E-state index in [1.54, 1.807) is 4.90 Å². The fourth-order valence-corrected chi connectivity index (χ4v) is 1.70. The molecule has 0 saturated heterocycles. The van der Waals surface area contributed by atoms with E-state index in [1.165, 1.54) is 5.56 Å². The highest BCUT2D eigenvalue weighted by Crippen LogP contribution is 2.16. The summed E-state index contributed by atoms with van der Waals surface area (Å²) in [5, 5.41) is 0. The van der Waals surface area contributed by atoms with Gasteiger partial charge >= 0.3 is 0 Å². The van der Waals surface area contributed by atoms with Crippen LogP contribution in [0.25, 0.3) is 0 Å². The van der Waals surface area contributed by atoms with Crippen LogP contribution in [0, 0.1) is 12.3 Å². The third kappa shape index (κ3) is 3.69. The zero-order valence-electron chi connectivity index (χ0n) is 10.9. The van der Waals surface area contributed by atoms with Crippen molar-refractivity contribution in [1.29, 1.82) is 0 Å². The second kappa shape index (κ2) is 4.69. The first-order chi connectivity index (χ1) is 7.29. The van der Waals surface area contributed by atoms with Gasteiger partial charge in [-0.25, -0.2) is 0 Å². The molecule has 0 aliphatic rings. The Kier molecular flexibility index (Phi) is 3.74. The summed E-state index contributed by atoms with van der Waals surface area (Å²) in [4.78, 5) is 13.8. The molecule has 0 atom stereocenters. The second-order valence-corrected chi connectivity index (χ2v) is 5.59. The number of hydrogen-bond acceptors (Lipinski definition) is 1. The molecule has 0 bridgehead atoms. The van der Waals surface area contributed by atoms with Crippen LogP contribution < -0.4 is 0 Å². The monoisotopic (exact) mass is 219 g/mol. The van der Waals surface area contributed by atoms with Gasteiger partial charge in [0, 0.05) is 19.2 Å². The van der Waals surface area contributed by atoms with E-state index in [0.29, 0.717) is 0 Å². The number of benzene rings is 1. The minimum atomic E-state index is 0.0925. The number of carbonyl (C=O) groups is 1. The van der Waals surface area contributed by atoms with Gasteiger partial charge in [0.15, 0.2) is 0 Å². The molecule has 0 aliphatic carbocycles. The highest BCUT2D eigenvalue weighted by molar-refractivity contribution is 5.94. The summed E-state index contributed by atoms with van der Waals surface area (Å²) in [6, 6.07) is 7.71. The van der Waals surface area contributed by atoms with Crippen LogP contribution in [-0.4, -0.2) is 24.4 Å². The summed E-state index contributed by atoms with van der Waals surface area (Å²) in [5.41, 5.74) is 2.07. The first-order valence-corrected chi connectivity index (χ1v) is 5.62. The molecule has 0 radical (unpaired) electrons. The standard InChI is InChI=1S/C14H21NO/c1-11-6-8-12(9-7-11)13(16)15(5)10-14(2,3)4/h6-9H,10H2,1-5H3. The Morgan fingerprint density at radius 3 is 2.12 bits per heavy atom. The van der Waals surface area contributed by atoms with Gasteiger partial charge < -0.3 is 4.90 Å². The Hall–Kier alpha value is -1.31. The van der Waals surface area contributed by atoms with Crippen LogP contribution in [0.15, 0.2) is 24.3 Å². The number of aryl methyl sites for hydroxylation is 1. The van der Waals surface area contributed by atoms with Crippen molar-refractivity contribution in [2.45, 2.75) is 27.7 Å². The van der Waals surface area contributed by atoms with E-state index in [0.717, 1.165) is 12.1 Å². The smallest absolute Gasteiger partial charge is 0.253 e. The lowest BCUT2D eigenvalue weighted by Gasteiger charge is -2.26. The molecule has 0 fully saturated rings. The number of rotatable bonds is 2. The maximum Gasteiger partial charge on any atom is 0.253 e. The molecule has 1 aromatic carbocycles. The van der Waals surface area contributed by atoms with Crippen LogP contribution in [0.4, 0.5) is 0 Å². The molecule has 2 heteroatoms. The van der Waals surface area contributed by atoms with Crippen LogP contribution >= 0.6 is 0 Å². The lowest BCUT2D eigenvalue weighted by Crippen LogP contribution is -2.34. The number of carbonyl (C=O) groups excluding carboxylic acids is 1. The normalized spacial score (nSPS) is 11.3. The molecule has 0 saturated carbocycles. The van der Waals surface area contributed by atoms with Crippen LogP contribution in [-0.2, 0) is 0 Å². The number of nitrogens with zero attached hydrogens (tertiary/aromatic N) is 1. The maximum absolute atomic E-state index is 12.1. The lowest BCUT2D eigenvalue weighted by molar-refractivity contribution is 0.0745. The van der Waals surface area contributed by atoms with Crippen molar-refractivity contribution in [3.8, 4) is 0 Å². The Balaban J connectivity index is 2.74. The zero-order valence-corrected chi connectivity index (χ0v) is 10.9. The van der Waals surface area contributed by atoms with Gasteiger partial charge in [-0.1, -0.05) is 38.5 Å². The molecule has 0 unspecified atom stereocenters. The summed E-state index contributed by atoms with van der Waals surface area (Å²) in [7, 11) is 1.85. The molecular weight excluding hydrogens is 198 g/mol. The first kappa shape index (κ1) is 12.8. The van der Waals surface area contributed by atoms with Crippen molar-refractivity contribution < 1.29 is 4.79 Å². The highest BCUT2D eigenvalue weighted by atomic mass is 16.2. The molecule has 88 valence electrons. The lowest BCUT2D eigenvalue weighted by atomic mass is 9.96. The summed E-state index contributed by atoms with van der Waals surface area (Å²) >= 11 is 0. The third-order valence-corrected chi connectivity index (χ3v) is 2.36. The van der Waals surface area contributed by atoms with Crippen molar-refractivity contribution in [2.24, 2.45) is 5.41 Å². The van der Waals surface area contributed by atoms with Gasteiger partial charge in [-0.3, -0.25) is 4.79 Å². The predicted molar refractivity (Wildman–Crippen MR) is 67.6 cm³/mol. The molecule has 16 heavy (non-hydrogen) atoms. The molecular formula is C14H21NO. The van der Waals surface area contributed by atoms with Crippen LogP contribution in [0.5, 0.6) is 0 Å². The minimum absolute atomic E-state index is 0.0925. The molecule has 1 amide bonds. The van der Waals surface area contributed by atoms with Crippen molar-refractivity contribution in [3.05, 3.63) is 35.4 Å². The van der Waals surface area contributed by atoms with Crippen molar-refractivity contribution >= 4 is 5.91 Å². The largest absolute Gasteiger partial charge is 0.341 e. The van der Waals surface area contributed by atoms with E-state index < -0.39 is 0 Å². The Morgan fingerprint density at radius 1 is 1.19 bits per heavy atom. The van der Waals surface area contributed by atoms with Crippen LogP contribution in [0.3, 0.4) is 0 Å². The Bertz CT molecular complexity index is 359. The fourth-order valence-electron chi connectivity index (χ4n) is 1.70. The van der Waals surface area contributed by atoms with Gasteiger partial charge in [-0.05, 0) is 24.5 Å². The molecule has 0 spiro atoms. The van der Waals surface area contributed by atoms with Gasteiger partial charge in [-0.15, -0.1) is 0 Å². The van der Waals surface area contributed by atoms with Crippen LogP contribution in [0.1, 0.15) is 36.7 Å². The molecule has 0 N–H and O–H groups in total. The molecule has 0 aromatic heterocycles. The van der Waals surface area contributed by atoms with Gasteiger partial charge in [0.05, 0.1) is 0 Å². The van der Waals surface area contributed by atoms with Gasteiger partial charge in [-0.2, -0.15) is 0 Å².